The molecule has 0 unspecified atom stereocenters. The highest BCUT2D eigenvalue weighted by atomic mass is 35.5. The summed E-state index contributed by atoms with van der Waals surface area (Å²) in [7, 11) is 0. The molecule has 1 amide bonds. The Balaban J connectivity index is 1.38. The zero-order chi connectivity index (χ0) is 25.1. The van der Waals surface area contributed by atoms with E-state index in [1.54, 1.807) is 17.5 Å². The lowest BCUT2D eigenvalue weighted by atomic mass is 10.2. The first-order valence-electron chi connectivity index (χ1n) is 10.6. The number of para-hydroxylation sites is 1. The summed E-state index contributed by atoms with van der Waals surface area (Å²) in [4.78, 5) is 17.0. The van der Waals surface area contributed by atoms with Crippen LogP contribution in [-0.2, 0) is 5.75 Å². The number of halogens is 3. The van der Waals surface area contributed by atoms with E-state index in [9.17, 15) is 9.18 Å². The Labute approximate surface area is 224 Å². The van der Waals surface area contributed by atoms with Crippen molar-refractivity contribution < 1.29 is 9.18 Å². The van der Waals surface area contributed by atoms with Crippen molar-refractivity contribution in [1.29, 1.82) is 0 Å². The first kappa shape index (κ1) is 24.5. The number of thioether (sulfide) groups is 1. The highest BCUT2D eigenvalue weighted by molar-refractivity contribution is 7.98. The number of thiazole rings is 1. The maximum atomic E-state index is 13.1. The van der Waals surface area contributed by atoms with Gasteiger partial charge in [0.1, 0.15) is 16.5 Å². The van der Waals surface area contributed by atoms with E-state index < -0.39 is 0 Å². The number of anilines is 1. The molecule has 0 aliphatic rings. The number of nitrogens with one attached hydrogen (secondary N) is 1. The summed E-state index contributed by atoms with van der Waals surface area (Å²) in [6, 6.07) is 20.4. The number of hydrogen-bond donors (Lipinski definition) is 1. The third-order valence-electron chi connectivity index (χ3n) is 5.05. The number of rotatable bonds is 7. The highest BCUT2D eigenvalue weighted by Gasteiger charge is 2.20. The van der Waals surface area contributed by atoms with Crippen LogP contribution in [0.3, 0.4) is 0 Å². The van der Waals surface area contributed by atoms with E-state index in [1.807, 2.05) is 41.0 Å². The van der Waals surface area contributed by atoms with Crippen LogP contribution in [0.5, 0.6) is 0 Å². The number of aromatic nitrogens is 4. The van der Waals surface area contributed by atoms with Gasteiger partial charge in [-0.05, 0) is 48.5 Å². The van der Waals surface area contributed by atoms with Crippen LogP contribution in [-0.4, -0.2) is 25.7 Å². The average Bonchev–Trinajstić information content (AvgIpc) is 3.52. The summed E-state index contributed by atoms with van der Waals surface area (Å²) in [5.74, 6) is 0.284. The molecule has 0 aliphatic carbocycles. The molecule has 0 fully saturated rings. The van der Waals surface area contributed by atoms with E-state index in [0.717, 1.165) is 16.3 Å². The summed E-state index contributed by atoms with van der Waals surface area (Å²) in [6.45, 7) is 0. The summed E-state index contributed by atoms with van der Waals surface area (Å²) >= 11 is 15.8. The van der Waals surface area contributed by atoms with E-state index >= 15 is 0 Å². The molecule has 6 nitrogen and oxygen atoms in total. The van der Waals surface area contributed by atoms with Gasteiger partial charge in [-0.3, -0.25) is 9.36 Å². The SMILES string of the molecule is O=C(Nc1ccc(F)cc1)c1csc(CSc2nnc(-c3ccccc3Cl)n2-c2ccccc2Cl)n1. The third-order valence-corrected chi connectivity index (χ3v) is 7.67. The molecule has 0 radical (unpaired) electrons. The van der Waals surface area contributed by atoms with Gasteiger partial charge in [0.05, 0.1) is 21.5 Å². The van der Waals surface area contributed by atoms with Crippen molar-refractivity contribution in [2.45, 2.75) is 10.9 Å². The molecule has 180 valence electrons. The summed E-state index contributed by atoms with van der Waals surface area (Å²) in [6.07, 6.45) is 0. The topological polar surface area (TPSA) is 72.7 Å². The van der Waals surface area contributed by atoms with E-state index in [0.29, 0.717) is 32.5 Å². The summed E-state index contributed by atoms with van der Waals surface area (Å²) < 4.78 is 15.0. The van der Waals surface area contributed by atoms with Gasteiger partial charge in [0, 0.05) is 16.6 Å². The van der Waals surface area contributed by atoms with Crippen molar-refractivity contribution in [2.75, 3.05) is 5.32 Å². The monoisotopic (exact) mass is 555 g/mol. The van der Waals surface area contributed by atoms with Crippen LogP contribution in [0.4, 0.5) is 10.1 Å². The minimum absolute atomic E-state index is 0.282. The largest absolute Gasteiger partial charge is 0.321 e. The van der Waals surface area contributed by atoms with Gasteiger partial charge < -0.3 is 5.32 Å². The third kappa shape index (κ3) is 5.29. The number of amides is 1. The molecule has 0 saturated carbocycles. The molecule has 36 heavy (non-hydrogen) atoms. The molecule has 11 heteroatoms. The first-order chi connectivity index (χ1) is 17.5. The zero-order valence-electron chi connectivity index (χ0n) is 18.4. The second kappa shape index (κ2) is 10.8. The summed E-state index contributed by atoms with van der Waals surface area (Å²) in [5, 5.41) is 15.6. The van der Waals surface area contributed by atoms with Gasteiger partial charge in [0.15, 0.2) is 11.0 Å². The normalized spacial score (nSPS) is 11.0. The van der Waals surface area contributed by atoms with Crippen molar-refractivity contribution >= 4 is 57.9 Å². The Kier molecular flexibility index (Phi) is 7.33. The van der Waals surface area contributed by atoms with E-state index in [4.69, 9.17) is 23.2 Å². The molecule has 0 bridgehead atoms. The number of carbonyl (C=O) groups is 1. The number of carbonyl (C=O) groups excluding carboxylic acids is 1. The van der Waals surface area contributed by atoms with Crippen LogP contribution in [0.2, 0.25) is 10.0 Å². The first-order valence-corrected chi connectivity index (χ1v) is 13.2. The molecular formula is C25H16Cl2FN5OS2. The number of benzene rings is 3. The quantitative estimate of drug-likeness (QED) is 0.212. The van der Waals surface area contributed by atoms with Gasteiger partial charge in [0.2, 0.25) is 0 Å². The lowest BCUT2D eigenvalue weighted by Gasteiger charge is -2.12. The van der Waals surface area contributed by atoms with E-state index in [2.05, 4.69) is 20.5 Å². The molecule has 2 heterocycles. The van der Waals surface area contributed by atoms with Crippen LogP contribution >= 0.6 is 46.3 Å². The molecule has 0 spiro atoms. The molecule has 0 saturated heterocycles. The van der Waals surface area contributed by atoms with Crippen LogP contribution in [0.25, 0.3) is 17.1 Å². The van der Waals surface area contributed by atoms with Crippen LogP contribution < -0.4 is 5.32 Å². The predicted molar refractivity (Wildman–Crippen MR) is 143 cm³/mol. The Morgan fingerprint density at radius 1 is 0.972 bits per heavy atom. The van der Waals surface area contributed by atoms with Crippen molar-refractivity contribution in [3.8, 4) is 17.1 Å². The number of hydrogen-bond acceptors (Lipinski definition) is 6. The van der Waals surface area contributed by atoms with Crippen molar-refractivity contribution in [3.05, 3.63) is 105 Å². The van der Waals surface area contributed by atoms with Crippen LogP contribution in [0, 0.1) is 5.82 Å². The lowest BCUT2D eigenvalue weighted by molar-refractivity contribution is 0.102. The summed E-state index contributed by atoms with van der Waals surface area (Å²) in [5.41, 5.74) is 2.22. The van der Waals surface area contributed by atoms with Gasteiger partial charge in [-0.15, -0.1) is 21.5 Å². The fraction of sp³-hybridized carbons (Fsp3) is 0.0400. The fourth-order valence-corrected chi connectivity index (χ4v) is 5.54. The Morgan fingerprint density at radius 2 is 1.69 bits per heavy atom. The zero-order valence-corrected chi connectivity index (χ0v) is 21.5. The molecule has 3 aromatic carbocycles. The molecular weight excluding hydrogens is 540 g/mol. The van der Waals surface area contributed by atoms with Crippen molar-refractivity contribution in [1.82, 2.24) is 19.7 Å². The van der Waals surface area contributed by atoms with E-state index in [1.165, 1.54) is 47.4 Å². The molecule has 5 rings (SSSR count). The molecule has 1 N–H and O–H groups in total. The van der Waals surface area contributed by atoms with E-state index in [-0.39, 0.29) is 17.4 Å². The molecule has 2 aromatic heterocycles. The lowest BCUT2D eigenvalue weighted by Crippen LogP contribution is -2.12. The number of nitrogens with zero attached hydrogens (tertiary/aromatic N) is 4. The minimum atomic E-state index is -0.372. The maximum Gasteiger partial charge on any atom is 0.275 e. The maximum absolute atomic E-state index is 13.1. The van der Waals surface area contributed by atoms with Gasteiger partial charge >= 0.3 is 0 Å². The smallest absolute Gasteiger partial charge is 0.275 e. The molecule has 0 atom stereocenters. The van der Waals surface area contributed by atoms with Crippen molar-refractivity contribution in [2.24, 2.45) is 0 Å². The van der Waals surface area contributed by atoms with Crippen molar-refractivity contribution in [3.63, 3.8) is 0 Å². The molecule has 5 aromatic rings. The Morgan fingerprint density at radius 3 is 2.44 bits per heavy atom. The van der Waals surface area contributed by atoms with Gasteiger partial charge in [0.25, 0.3) is 5.91 Å². The second-order valence-electron chi connectivity index (χ2n) is 7.45. The van der Waals surface area contributed by atoms with Gasteiger partial charge in [-0.25, -0.2) is 9.37 Å². The second-order valence-corrected chi connectivity index (χ2v) is 10.1. The highest BCUT2D eigenvalue weighted by Crippen LogP contribution is 2.35. The average molecular weight is 556 g/mol. The van der Waals surface area contributed by atoms with Crippen LogP contribution in [0.1, 0.15) is 15.5 Å². The van der Waals surface area contributed by atoms with Gasteiger partial charge in [-0.1, -0.05) is 59.2 Å². The van der Waals surface area contributed by atoms with Crippen LogP contribution in [0.15, 0.2) is 83.3 Å². The fourth-order valence-electron chi connectivity index (χ4n) is 3.37. The van der Waals surface area contributed by atoms with Gasteiger partial charge in [-0.2, -0.15) is 0 Å². The Hall–Kier alpha value is -3.24. The Bertz CT molecular complexity index is 1540. The predicted octanol–water partition coefficient (Wildman–Crippen LogP) is 7.38. The minimum Gasteiger partial charge on any atom is -0.321 e. The molecule has 0 aliphatic heterocycles. The standard InChI is InChI=1S/C25H16Cl2FN5OS2/c26-18-6-2-1-5-17(18)23-31-32-25(33(23)21-8-4-3-7-19(21)27)36-14-22-30-20(13-35-22)24(34)29-16-11-9-15(28)10-12-16/h1-13H,14H2,(H,29,34).